The number of nitrogens with one attached hydrogen (secondary N) is 1. The van der Waals surface area contributed by atoms with Crippen molar-refractivity contribution in [2.24, 2.45) is 5.92 Å². The fraction of sp³-hybridized carbons (Fsp3) is 0.529. The molecule has 114 valence electrons. The molecule has 1 atom stereocenters. The first-order valence-corrected chi connectivity index (χ1v) is 7.85. The van der Waals surface area contributed by atoms with Crippen LogP contribution in [-0.2, 0) is 9.59 Å². The van der Waals surface area contributed by atoms with E-state index in [2.05, 4.69) is 12.2 Å². The molecule has 0 aliphatic carbocycles. The van der Waals surface area contributed by atoms with Crippen LogP contribution in [-0.4, -0.2) is 24.9 Å². The zero-order chi connectivity index (χ0) is 15.1. The minimum Gasteiger partial charge on any atom is -0.356 e. The molecule has 1 aliphatic rings. The Hall–Kier alpha value is -1.84. The van der Waals surface area contributed by atoms with Crippen molar-refractivity contribution in [3.63, 3.8) is 0 Å². The molecule has 0 radical (unpaired) electrons. The van der Waals surface area contributed by atoms with Crippen LogP contribution in [0.4, 0.5) is 5.69 Å². The zero-order valence-electron chi connectivity index (χ0n) is 12.7. The quantitative estimate of drug-likeness (QED) is 0.784. The van der Waals surface area contributed by atoms with Crippen LogP contribution in [0.25, 0.3) is 0 Å². The van der Waals surface area contributed by atoms with Crippen LogP contribution >= 0.6 is 0 Å². The van der Waals surface area contributed by atoms with Crippen LogP contribution in [0, 0.1) is 5.92 Å². The number of hydrogen-bond donors (Lipinski definition) is 1. The van der Waals surface area contributed by atoms with E-state index < -0.39 is 0 Å². The highest BCUT2D eigenvalue weighted by Crippen LogP contribution is 2.24. The van der Waals surface area contributed by atoms with Gasteiger partial charge in [-0.3, -0.25) is 9.59 Å². The second kappa shape index (κ2) is 7.81. The smallest absolute Gasteiger partial charge is 0.227 e. The summed E-state index contributed by atoms with van der Waals surface area (Å²) < 4.78 is 0. The first-order chi connectivity index (χ1) is 10.2. The minimum absolute atomic E-state index is 0.0123. The molecular formula is C17H24N2O2. The summed E-state index contributed by atoms with van der Waals surface area (Å²) in [7, 11) is 0. The summed E-state index contributed by atoms with van der Waals surface area (Å²) >= 11 is 0. The minimum atomic E-state index is -0.219. The Labute approximate surface area is 126 Å². The van der Waals surface area contributed by atoms with E-state index in [1.165, 1.54) is 12.8 Å². The molecular weight excluding hydrogens is 264 g/mol. The van der Waals surface area contributed by atoms with Gasteiger partial charge in [-0.2, -0.15) is 0 Å². The summed E-state index contributed by atoms with van der Waals surface area (Å²) in [5, 5.41) is 2.96. The Morgan fingerprint density at radius 2 is 2.00 bits per heavy atom. The predicted molar refractivity (Wildman–Crippen MR) is 84.1 cm³/mol. The topological polar surface area (TPSA) is 49.4 Å². The number of benzene rings is 1. The van der Waals surface area contributed by atoms with Gasteiger partial charge in [-0.25, -0.2) is 0 Å². The molecule has 0 spiro atoms. The number of rotatable bonds is 7. The van der Waals surface area contributed by atoms with Crippen LogP contribution < -0.4 is 10.2 Å². The van der Waals surface area contributed by atoms with Gasteiger partial charge in [0.2, 0.25) is 11.8 Å². The van der Waals surface area contributed by atoms with Crippen LogP contribution in [0.5, 0.6) is 0 Å². The number of anilines is 1. The van der Waals surface area contributed by atoms with Crippen LogP contribution in [0.2, 0.25) is 0 Å². The van der Waals surface area contributed by atoms with Gasteiger partial charge in [-0.05, 0) is 18.6 Å². The average Bonchev–Trinajstić information content (AvgIpc) is 2.90. The molecule has 1 aromatic carbocycles. The van der Waals surface area contributed by atoms with E-state index in [1.807, 2.05) is 30.3 Å². The lowest BCUT2D eigenvalue weighted by atomic mass is 10.1. The number of hydrogen-bond acceptors (Lipinski definition) is 2. The number of carbonyl (C=O) groups excluding carboxylic acids is 2. The van der Waals surface area contributed by atoms with Gasteiger partial charge in [-0.15, -0.1) is 0 Å². The molecule has 1 N–H and O–H groups in total. The highest BCUT2D eigenvalue weighted by atomic mass is 16.2. The Kier molecular flexibility index (Phi) is 5.78. The maximum absolute atomic E-state index is 12.1. The second-order valence-corrected chi connectivity index (χ2v) is 5.59. The van der Waals surface area contributed by atoms with E-state index in [0.717, 1.165) is 25.1 Å². The van der Waals surface area contributed by atoms with Crippen molar-refractivity contribution in [1.29, 1.82) is 0 Å². The normalized spacial score (nSPS) is 18.0. The van der Waals surface area contributed by atoms with E-state index in [-0.39, 0.29) is 17.7 Å². The molecule has 0 aromatic heterocycles. The lowest BCUT2D eigenvalue weighted by molar-refractivity contribution is -0.126. The third-order valence-electron chi connectivity index (χ3n) is 3.89. The van der Waals surface area contributed by atoms with Crippen LogP contribution in [0.15, 0.2) is 30.3 Å². The lowest BCUT2D eigenvalue weighted by Crippen LogP contribution is -2.33. The molecule has 0 bridgehead atoms. The first kappa shape index (κ1) is 15.5. The van der Waals surface area contributed by atoms with Crippen LogP contribution in [0.1, 0.15) is 39.0 Å². The third kappa shape index (κ3) is 4.31. The second-order valence-electron chi connectivity index (χ2n) is 5.59. The van der Waals surface area contributed by atoms with Gasteiger partial charge in [0.05, 0.1) is 5.92 Å². The van der Waals surface area contributed by atoms with E-state index in [1.54, 1.807) is 4.90 Å². The maximum Gasteiger partial charge on any atom is 0.227 e. The predicted octanol–water partition coefficient (Wildman–Crippen LogP) is 2.74. The Morgan fingerprint density at radius 1 is 1.24 bits per heavy atom. The van der Waals surface area contributed by atoms with Crippen molar-refractivity contribution >= 4 is 17.5 Å². The van der Waals surface area contributed by atoms with Gasteiger partial charge in [0.15, 0.2) is 0 Å². The fourth-order valence-electron chi connectivity index (χ4n) is 2.65. The Balaban J connectivity index is 1.80. The molecule has 1 heterocycles. The van der Waals surface area contributed by atoms with E-state index in [4.69, 9.17) is 0 Å². The van der Waals surface area contributed by atoms with Crippen LogP contribution in [0.3, 0.4) is 0 Å². The molecule has 4 heteroatoms. The first-order valence-electron chi connectivity index (χ1n) is 7.85. The van der Waals surface area contributed by atoms with E-state index in [9.17, 15) is 9.59 Å². The highest BCUT2D eigenvalue weighted by Gasteiger charge is 2.34. The lowest BCUT2D eigenvalue weighted by Gasteiger charge is -2.16. The van der Waals surface area contributed by atoms with Gasteiger partial charge >= 0.3 is 0 Å². The summed E-state index contributed by atoms with van der Waals surface area (Å²) in [4.78, 5) is 25.9. The summed E-state index contributed by atoms with van der Waals surface area (Å²) in [5.41, 5.74) is 0.876. The van der Waals surface area contributed by atoms with Crippen molar-refractivity contribution in [2.45, 2.75) is 39.0 Å². The Bertz CT molecular complexity index is 473. The molecule has 2 amide bonds. The highest BCUT2D eigenvalue weighted by molar-refractivity contribution is 6.00. The summed E-state index contributed by atoms with van der Waals surface area (Å²) in [6, 6.07) is 9.55. The molecule has 1 fully saturated rings. The summed E-state index contributed by atoms with van der Waals surface area (Å²) in [6.07, 6.45) is 4.88. The molecule has 0 unspecified atom stereocenters. The van der Waals surface area contributed by atoms with E-state index >= 15 is 0 Å². The SMILES string of the molecule is CCCCCCNC(=O)[C@@H]1CC(=O)N(c2ccccc2)C1. The molecule has 1 aromatic rings. The van der Waals surface area contributed by atoms with Crippen molar-refractivity contribution < 1.29 is 9.59 Å². The number of unbranched alkanes of at least 4 members (excludes halogenated alkanes) is 3. The molecule has 0 saturated carbocycles. The number of nitrogens with zero attached hydrogens (tertiary/aromatic N) is 1. The fourth-order valence-corrected chi connectivity index (χ4v) is 2.65. The number of carbonyl (C=O) groups is 2. The summed E-state index contributed by atoms with van der Waals surface area (Å²) in [6.45, 7) is 3.37. The maximum atomic E-state index is 12.1. The molecule has 21 heavy (non-hydrogen) atoms. The standard InChI is InChI=1S/C17H24N2O2/c1-2-3-4-8-11-18-17(21)14-12-16(20)19(13-14)15-9-6-5-7-10-15/h5-7,9-10,14H,2-4,8,11-13H2,1H3,(H,18,21)/t14-/m1/s1. The van der Waals surface area contributed by atoms with Crippen molar-refractivity contribution in [1.82, 2.24) is 5.32 Å². The van der Waals surface area contributed by atoms with Gasteiger partial charge in [0.25, 0.3) is 0 Å². The van der Waals surface area contributed by atoms with E-state index in [0.29, 0.717) is 13.0 Å². The van der Waals surface area contributed by atoms with Crippen molar-refractivity contribution in [2.75, 3.05) is 18.0 Å². The molecule has 1 saturated heterocycles. The average molecular weight is 288 g/mol. The van der Waals surface area contributed by atoms with Gasteiger partial charge in [0.1, 0.15) is 0 Å². The summed E-state index contributed by atoms with van der Waals surface area (Å²) in [5.74, 6) is -0.172. The zero-order valence-corrected chi connectivity index (χ0v) is 12.7. The van der Waals surface area contributed by atoms with Crippen molar-refractivity contribution in [3.8, 4) is 0 Å². The third-order valence-corrected chi connectivity index (χ3v) is 3.89. The molecule has 4 nitrogen and oxygen atoms in total. The number of para-hydroxylation sites is 1. The molecule has 2 rings (SSSR count). The largest absolute Gasteiger partial charge is 0.356 e. The van der Waals surface area contributed by atoms with Gasteiger partial charge < -0.3 is 10.2 Å². The number of amides is 2. The monoisotopic (exact) mass is 288 g/mol. The van der Waals surface area contributed by atoms with Gasteiger partial charge in [0, 0.05) is 25.2 Å². The Morgan fingerprint density at radius 3 is 2.71 bits per heavy atom. The molecule has 1 aliphatic heterocycles. The van der Waals surface area contributed by atoms with Gasteiger partial charge in [-0.1, -0.05) is 44.4 Å². The van der Waals surface area contributed by atoms with Crippen molar-refractivity contribution in [3.05, 3.63) is 30.3 Å².